The van der Waals surface area contributed by atoms with Crippen LogP contribution in [0.2, 0.25) is 0 Å². The molecule has 188 valence electrons. The van der Waals surface area contributed by atoms with Crippen molar-refractivity contribution in [3.8, 4) is 0 Å². The van der Waals surface area contributed by atoms with Crippen molar-refractivity contribution in [1.29, 1.82) is 0 Å². The van der Waals surface area contributed by atoms with Crippen LogP contribution in [0.4, 0.5) is 0 Å². The third-order valence-electron chi connectivity index (χ3n) is 9.57. The van der Waals surface area contributed by atoms with Crippen molar-refractivity contribution in [3.05, 3.63) is 35.3 Å². The predicted octanol–water partition coefficient (Wildman–Crippen LogP) is 3.33. The Kier molecular flexibility index (Phi) is 5.23. The number of fused-ring (bicyclic) bond motifs is 5. The van der Waals surface area contributed by atoms with Crippen LogP contribution >= 0.6 is 0 Å². The van der Waals surface area contributed by atoms with Gasteiger partial charge in [0.15, 0.2) is 11.9 Å². The van der Waals surface area contributed by atoms with Crippen LogP contribution in [0.1, 0.15) is 65.0 Å². The van der Waals surface area contributed by atoms with Gasteiger partial charge >= 0.3 is 11.9 Å². The molecular weight excluding hydrogens is 452 g/mol. The average Bonchev–Trinajstić information content (AvgIpc) is 3.34. The Morgan fingerprint density at radius 3 is 2.51 bits per heavy atom. The summed E-state index contributed by atoms with van der Waals surface area (Å²) in [4.78, 5) is 52.8. The van der Waals surface area contributed by atoms with Gasteiger partial charge in [0.05, 0.1) is 32.0 Å². The number of allylic oxidation sites excluding steroid dienone is 1. The maximum Gasteiger partial charge on any atom is 0.335 e. The highest BCUT2D eigenvalue weighted by Gasteiger charge is 2.69. The number of aliphatic hydroxyl groups excluding tert-OH is 1. The summed E-state index contributed by atoms with van der Waals surface area (Å²) >= 11 is 0. The van der Waals surface area contributed by atoms with Crippen LogP contribution in [0.25, 0.3) is 0 Å². The lowest BCUT2D eigenvalue weighted by molar-refractivity contribution is -0.185. The number of aliphatic hydroxyl groups is 1. The molecule has 2 heterocycles. The van der Waals surface area contributed by atoms with E-state index in [1.165, 1.54) is 7.11 Å². The Morgan fingerprint density at radius 1 is 1.17 bits per heavy atom. The zero-order valence-electron chi connectivity index (χ0n) is 20.8. The van der Waals surface area contributed by atoms with E-state index < -0.39 is 46.3 Å². The van der Waals surface area contributed by atoms with Gasteiger partial charge in [-0.15, -0.1) is 0 Å². The third-order valence-corrected chi connectivity index (χ3v) is 9.57. The molecule has 4 aliphatic rings. The lowest BCUT2D eigenvalue weighted by Crippen LogP contribution is -2.67. The Bertz CT molecular complexity index is 1140. The molecule has 0 radical (unpaired) electrons. The maximum absolute atomic E-state index is 13.9. The van der Waals surface area contributed by atoms with Gasteiger partial charge in [0.2, 0.25) is 0 Å². The van der Waals surface area contributed by atoms with Crippen molar-refractivity contribution >= 4 is 23.5 Å². The summed E-state index contributed by atoms with van der Waals surface area (Å²) < 4.78 is 15.9. The molecule has 0 amide bonds. The number of furan rings is 1. The quantitative estimate of drug-likeness (QED) is 0.394. The molecule has 8 heteroatoms. The van der Waals surface area contributed by atoms with Crippen LogP contribution in [0.15, 0.2) is 34.2 Å². The van der Waals surface area contributed by atoms with Gasteiger partial charge in [-0.3, -0.25) is 14.4 Å². The summed E-state index contributed by atoms with van der Waals surface area (Å²) in [5, 5.41) is 11.1. The number of cyclic esters (lactones) is 1. The van der Waals surface area contributed by atoms with Gasteiger partial charge in [0.25, 0.3) is 0 Å². The first-order valence-electron chi connectivity index (χ1n) is 12.2. The van der Waals surface area contributed by atoms with E-state index in [4.69, 9.17) is 13.9 Å². The second kappa shape index (κ2) is 7.63. The molecule has 8 nitrogen and oxygen atoms in total. The Hall–Kier alpha value is -2.74. The van der Waals surface area contributed by atoms with E-state index in [0.29, 0.717) is 12.8 Å². The average molecular weight is 485 g/mol. The molecule has 1 saturated heterocycles. The molecule has 35 heavy (non-hydrogen) atoms. The summed E-state index contributed by atoms with van der Waals surface area (Å²) in [5.41, 5.74) is -0.163. The number of rotatable bonds is 3. The number of ketones is 2. The number of esters is 2. The highest BCUT2D eigenvalue weighted by Crippen LogP contribution is 2.66. The van der Waals surface area contributed by atoms with Crippen LogP contribution in [0.5, 0.6) is 0 Å². The van der Waals surface area contributed by atoms with Crippen LogP contribution in [-0.4, -0.2) is 41.8 Å². The summed E-state index contributed by atoms with van der Waals surface area (Å²) in [6.07, 6.45) is 2.57. The van der Waals surface area contributed by atoms with Gasteiger partial charge in [0, 0.05) is 27.7 Å². The second-order valence-corrected chi connectivity index (χ2v) is 11.6. The van der Waals surface area contributed by atoms with Gasteiger partial charge in [-0.1, -0.05) is 33.3 Å². The van der Waals surface area contributed by atoms with E-state index in [-0.39, 0.29) is 36.3 Å². The Balaban J connectivity index is 1.70. The largest absolute Gasteiger partial charge is 0.472 e. The monoisotopic (exact) mass is 484 g/mol. The van der Waals surface area contributed by atoms with E-state index in [9.17, 15) is 24.3 Å². The number of hydrogen-bond donors (Lipinski definition) is 1. The van der Waals surface area contributed by atoms with Crippen molar-refractivity contribution in [3.63, 3.8) is 0 Å². The van der Waals surface area contributed by atoms with Crippen LogP contribution in [0.3, 0.4) is 0 Å². The molecule has 1 aromatic rings. The maximum atomic E-state index is 13.9. The van der Waals surface area contributed by atoms with Gasteiger partial charge in [-0.05, 0) is 36.8 Å². The zero-order valence-corrected chi connectivity index (χ0v) is 20.8. The number of carbonyl (C=O) groups is 4. The summed E-state index contributed by atoms with van der Waals surface area (Å²) in [6.45, 7) is 7.27. The fourth-order valence-electron chi connectivity index (χ4n) is 7.96. The van der Waals surface area contributed by atoms with Crippen molar-refractivity contribution in [1.82, 2.24) is 0 Å². The van der Waals surface area contributed by atoms with Gasteiger partial charge in [-0.25, -0.2) is 4.79 Å². The van der Waals surface area contributed by atoms with Crippen molar-refractivity contribution in [2.75, 3.05) is 7.11 Å². The van der Waals surface area contributed by atoms with Gasteiger partial charge in [0.1, 0.15) is 11.9 Å². The minimum atomic E-state index is -1.62. The fourth-order valence-corrected chi connectivity index (χ4v) is 7.96. The highest BCUT2D eigenvalue weighted by molar-refractivity contribution is 6.11. The minimum absolute atomic E-state index is 0.0927. The number of methoxy groups -OCH3 is 1. The minimum Gasteiger partial charge on any atom is -0.472 e. The summed E-state index contributed by atoms with van der Waals surface area (Å²) in [6, 6.07) is 1.79. The van der Waals surface area contributed by atoms with E-state index in [2.05, 4.69) is 6.92 Å². The molecule has 5 rings (SSSR count). The standard InChI is InChI=1S/C27H32O8/c1-25(2)20(19(29)24(32)33-5)27(4)16-6-8-26(3)17(14(16)10-15(21(25)30)22(27)31)11-18(28)35-23(26)13-7-9-34-12-13/h7,9,12,15-16,19-20,23,29H,6,8,10-11H2,1-5H3/t15-,16-,19+,20-,23-,26+,27+/m0/s1. The number of Topliss-reactive ketones (excluding diaryl/α,β-unsaturated/α-hetero) is 2. The summed E-state index contributed by atoms with van der Waals surface area (Å²) in [5.74, 6) is -3.85. The zero-order chi connectivity index (χ0) is 25.5. The SMILES string of the molecule is COC(=O)[C@H](O)[C@H]1C(C)(C)C(=O)[C@@H]2CC3=C4CC(=O)O[C@@H](c5ccoc5)[C@]4(C)CC[C@@H]3[C@@]1(C)C2=O. The molecule has 3 aliphatic carbocycles. The molecular formula is C27H32O8. The molecule has 1 aliphatic heterocycles. The first-order chi connectivity index (χ1) is 16.4. The van der Waals surface area contributed by atoms with Crippen molar-refractivity contribution < 1.29 is 38.2 Å². The normalized spacial score (nSPS) is 38.9. The van der Waals surface area contributed by atoms with Gasteiger partial charge in [-0.2, -0.15) is 0 Å². The van der Waals surface area contributed by atoms with Crippen LogP contribution in [0, 0.1) is 34.0 Å². The molecule has 0 spiro atoms. The van der Waals surface area contributed by atoms with Crippen molar-refractivity contribution in [2.24, 2.45) is 34.0 Å². The van der Waals surface area contributed by atoms with Gasteiger partial charge < -0.3 is 19.0 Å². The Labute approximate surface area is 204 Å². The van der Waals surface area contributed by atoms with E-state index in [1.807, 2.05) is 0 Å². The molecule has 7 atom stereocenters. The predicted molar refractivity (Wildman–Crippen MR) is 122 cm³/mol. The lowest BCUT2D eigenvalue weighted by Gasteiger charge is -2.61. The second-order valence-electron chi connectivity index (χ2n) is 11.6. The molecule has 3 fully saturated rings. The molecule has 0 unspecified atom stereocenters. The Morgan fingerprint density at radius 2 is 1.89 bits per heavy atom. The van der Waals surface area contributed by atoms with E-state index in [1.54, 1.807) is 39.4 Å². The van der Waals surface area contributed by atoms with E-state index in [0.717, 1.165) is 16.7 Å². The van der Waals surface area contributed by atoms with Crippen LogP contribution < -0.4 is 0 Å². The number of hydrogen-bond acceptors (Lipinski definition) is 8. The van der Waals surface area contributed by atoms with Crippen LogP contribution in [-0.2, 0) is 28.7 Å². The smallest absolute Gasteiger partial charge is 0.335 e. The highest BCUT2D eigenvalue weighted by atomic mass is 16.5. The number of carbonyl (C=O) groups excluding carboxylic acids is 4. The molecule has 1 aromatic heterocycles. The lowest BCUT2D eigenvalue weighted by atomic mass is 9.40. The third kappa shape index (κ3) is 3.01. The van der Waals surface area contributed by atoms with E-state index >= 15 is 0 Å². The summed E-state index contributed by atoms with van der Waals surface area (Å²) in [7, 11) is 1.18. The number of ether oxygens (including phenoxy) is 2. The first kappa shape index (κ1) is 24.0. The fraction of sp³-hybridized carbons (Fsp3) is 0.630. The molecule has 0 aromatic carbocycles. The van der Waals surface area contributed by atoms with Crippen molar-refractivity contribution in [2.45, 2.75) is 65.6 Å². The topological polar surface area (TPSA) is 120 Å². The molecule has 2 bridgehead atoms. The molecule has 1 N–H and O–H groups in total. The first-order valence-corrected chi connectivity index (χ1v) is 12.2. The molecule has 2 saturated carbocycles.